The maximum atomic E-state index is 12.2. The van der Waals surface area contributed by atoms with E-state index in [1.54, 1.807) is 0 Å². The molecule has 8 atom stereocenters. The molecule has 14 nitrogen and oxygen atoms in total. The summed E-state index contributed by atoms with van der Waals surface area (Å²) in [6, 6.07) is 1.18. The van der Waals surface area contributed by atoms with Gasteiger partial charge >= 0.3 is 17.8 Å². The van der Waals surface area contributed by atoms with Gasteiger partial charge in [-0.25, -0.2) is 9.59 Å². The van der Waals surface area contributed by atoms with Gasteiger partial charge in [0, 0.05) is 31.8 Å². The number of nitrogens with zero attached hydrogens (tertiary/aromatic N) is 2. The number of aromatic amines is 1. The summed E-state index contributed by atoms with van der Waals surface area (Å²) < 4.78 is 50.6. The van der Waals surface area contributed by atoms with Crippen molar-refractivity contribution in [1.82, 2.24) is 14.5 Å². The molecule has 4 heterocycles. The van der Waals surface area contributed by atoms with Crippen LogP contribution < -0.4 is 17.0 Å². The number of carboxylic acids is 1. The van der Waals surface area contributed by atoms with E-state index in [-0.39, 0.29) is 13.0 Å². The number of piperidine rings is 1. The van der Waals surface area contributed by atoms with Crippen LogP contribution in [0.15, 0.2) is 21.9 Å². The fraction of sp³-hybridized carbons (Fsp3) is 0.773. The van der Waals surface area contributed by atoms with Gasteiger partial charge in [-0.2, -0.15) is 13.2 Å². The van der Waals surface area contributed by atoms with Gasteiger partial charge in [0.15, 0.2) is 12.5 Å². The van der Waals surface area contributed by atoms with E-state index >= 15 is 0 Å². The summed E-state index contributed by atoms with van der Waals surface area (Å²) in [7, 11) is 0. The number of H-pyrrole nitrogens is 1. The zero-order chi connectivity index (χ0) is 28.9. The van der Waals surface area contributed by atoms with Gasteiger partial charge in [0.1, 0.15) is 24.4 Å². The van der Waals surface area contributed by atoms with E-state index < -0.39 is 72.5 Å². The van der Waals surface area contributed by atoms with Crippen LogP contribution in [0, 0.1) is 0 Å². The van der Waals surface area contributed by atoms with E-state index in [1.807, 2.05) is 0 Å². The van der Waals surface area contributed by atoms with Crippen LogP contribution in [-0.2, 0) is 19.0 Å². The minimum Gasteiger partial charge on any atom is -0.475 e. The van der Waals surface area contributed by atoms with E-state index in [2.05, 4.69) is 9.88 Å². The Morgan fingerprint density at radius 1 is 1.15 bits per heavy atom. The molecule has 0 aromatic carbocycles. The molecule has 0 radical (unpaired) electrons. The number of aromatic nitrogens is 2. The summed E-state index contributed by atoms with van der Waals surface area (Å²) in [6.45, 7) is 2.28. The van der Waals surface area contributed by atoms with E-state index in [0.29, 0.717) is 6.54 Å². The fourth-order valence-corrected chi connectivity index (χ4v) is 4.64. The molecule has 3 fully saturated rings. The van der Waals surface area contributed by atoms with Crippen molar-refractivity contribution in [3.05, 3.63) is 33.1 Å². The van der Waals surface area contributed by atoms with Crippen LogP contribution in [0.5, 0.6) is 0 Å². The maximum absolute atomic E-state index is 12.2. The molecule has 0 unspecified atom stereocenters. The molecule has 39 heavy (non-hydrogen) atoms. The molecule has 0 bridgehead atoms. The molecule has 1 aromatic rings. The summed E-state index contributed by atoms with van der Waals surface area (Å²) >= 11 is 0. The topological polar surface area (TPSA) is 210 Å². The third kappa shape index (κ3) is 8.07. The molecule has 7 N–H and O–H groups in total. The van der Waals surface area contributed by atoms with Crippen molar-refractivity contribution >= 4 is 5.97 Å². The quantitative estimate of drug-likeness (QED) is 0.212. The first-order valence-electron chi connectivity index (χ1n) is 12.4. The number of alkyl halides is 3. The lowest BCUT2D eigenvalue weighted by molar-refractivity contribution is -0.218. The van der Waals surface area contributed by atoms with Gasteiger partial charge in [0.05, 0.1) is 12.2 Å². The summed E-state index contributed by atoms with van der Waals surface area (Å²) in [6.07, 6.45) is -7.82. The van der Waals surface area contributed by atoms with Crippen LogP contribution in [0.25, 0.3) is 0 Å². The van der Waals surface area contributed by atoms with Crippen molar-refractivity contribution < 1.29 is 52.6 Å². The van der Waals surface area contributed by atoms with Crippen LogP contribution in [0.4, 0.5) is 13.2 Å². The Morgan fingerprint density at radius 3 is 2.33 bits per heavy atom. The Balaban J connectivity index is 0.000000532. The highest BCUT2D eigenvalue weighted by atomic mass is 19.4. The van der Waals surface area contributed by atoms with Gasteiger partial charge in [-0.05, 0) is 25.9 Å². The number of carbonyl (C=O) groups is 1. The highest BCUT2D eigenvalue weighted by molar-refractivity contribution is 5.73. The second kappa shape index (κ2) is 13.3. The monoisotopic (exact) mass is 570 g/mol. The van der Waals surface area contributed by atoms with Crippen LogP contribution >= 0.6 is 0 Å². The van der Waals surface area contributed by atoms with E-state index in [0.717, 1.165) is 36.9 Å². The number of aliphatic hydroxyl groups is 3. The number of ether oxygens (including phenoxy) is 3. The van der Waals surface area contributed by atoms with Crippen molar-refractivity contribution in [2.75, 3.05) is 26.2 Å². The number of nitrogens with one attached hydrogen (secondary N) is 1. The second-order valence-corrected chi connectivity index (χ2v) is 9.48. The molecule has 0 aliphatic carbocycles. The molecular formula is C22H33F3N4O10. The third-order valence-corrected chi connectivity index (χ3v) is 6.65. The summed E-state index contributed by atoms with van der Waals surface area (Å²) in [5.41, 5.74) is 4.38. The summed E-state index contributed by atoms with van der Waals surface area (Å²) in [4.78, 5) is 36.8. The smallest absolute Gasteiger partial charge is 0.475 e. The van der Waals surface area contributed by atoms with Crippen LogP contribution in [0.1, 0.15) is 31.9 Å². The highest BCUT2D eigenvalue weighted by Gasteiger charge is 2.47. The first-order chi connectivity index (χ1) is 18.3. The van der Waals surface area contributed by atoms with Gasteiger partial charge in [0.25, 0.3) is 5.56 Å². The normalized spacial score (nSPS) is 32.4. The average Bonchev–Trinajstić information content (AvgIpc) is 3.38. The molecule has 0 spiro atoms. The van der Waals surface area contributed by atoms with Gasteiger partial charge in [-0.1, -0.05) is 6.42 Å². The number of halogens is 3. The number of aliphatic hydroxyl groups excluding tert-OH is 3. The van der Waals surface area contributed by atoms with Gasteiger partial charge in [-0.15, -0.1) is 0 Å². The molecule has 1 aromatic heterocycles. The van der Waals surface area contributed by atoms with Crippen molar-refractivity contribution in [1.29, 1.82) is 0 Å². The van der Waals surface area contributed by atoms with Crippen molar-refractivity contribution in [3.8, 4) is 0 Å². The van der Waals surface area contributed by atoms with Gasteiger partial charge in [-0.3, -0.25) is 14.3 Å². The predicted octanol–water partition coefficient (Wildman–Crippen LogP) is -1.91. The largest absolute Gasteiger partial charge is 0.490 e. The number of nitrogens with two attached hydrogens (primary N) is 1. The molecule has 4 rings (SSSR count). The highest BCUT2D eigenvalue weighted by Crippen LogP contribution is 2.33. The zero-order valence-electron chi connectivity index (χ0n) is 20.8. The van der Waals surface area contributed by atoms with Gasteiger partial charge in [0.2, 0.25) is 0 Å². The Kier molecular flexibility index (Phi) is 10.6. The molecule has 0 saturated carbocycles. The molecule has 3 aliphatic heterocycles. The second-order valence-electron chi connectivity index (χ2n) is 9.48. The number of likely N-dealkylation sites (tertiary alicyclic amines) is 1. The van der Waals surface area contributed by atoms with Crippen LogP contribution in [0.3, 0.4) is 0 Å². The predicted molar refractivity (Wildman–Crippen MR) is 124 cm³/mol. The maximum Gasteiger partial charge on any atom is 0.490 e. The third-order valence-electron chi connectivity index (χ3n) is 6.65. The van der Waals surface area contributed by atoms with Crippen LogP contribution in [0.2, 0.25) is 0 Å². The van der Waals surface area contributed by atoms with E-state index in [1.165, 1.54) is 12.3 Å². The number of aliphatic carboxylic acids is 1. The lowest BCUT2D eigenvalue weighted by Gasteiger charge is -2.34. The molecule has 222 valence electrons. The first-order valence-corrected chi connectivity index (χ1v) is 12.4. The molecule has 0 amide bonds. The van der Waals surface area contributed by atoms with Gasteiger partial charge < -0.3 is 45.3 Å². The Morgan fingerprint density at radius 2 is 1.79 bits per heavy atom. The van der Waals surface area contributed by atoms with Crippen molar-refractivity contribution in [2.45, 2.75) is 81.0 Å². The number of carboxylic acid groups (broad SMARTS) is 1. The minimum atomic E-state index is -5.08. The lowest BCUT2D eigenvalue weighted by Crippen LogP contribution is -2.46. The Bertz CT molecular complexity index is 1060. The number of hydrogen-bond acceptors (Lipinski definition) is 11. The minimum absolute atomic E-state index is 0.0325. The number of rotatable bonds is 7. The van der Waals surface area contributed by atoms with Crippen LogP contribution in [-0.4, -0.2) is 116 Å². The SMILES string of the molecule is NC[C@H]1O[C@@H](O[C@@H](CN2CCCCC2)[C@@H]2C[C@@H](O)[C@H](n3ccc(=O)[nH]c3=O)O2)[C@H](O)[C@@H]1O.O=C(O)C(F)(F)F. The number of hydrogen-bond donors (Lipinski definition) is 6. The molecule has 3 saturated heterocycles. The van der Waals surface area contributed by atoms with E-state index in [4.69, 9.17) is 29.8 Å². The summed E-state index contributed by atoms with van der Waals surface area (Å²) in [5, 5.41) is 38.2. The zero-order valence-corrected chi connectivity index (χ0v) is 20.8. The average molecular weight is 571 g/mol. The first kappa shape index (κ1) is 31.2. The van der Waals surface area contributed by atoms with Crippen molar-refractivity contribution in [2.24, 2.45) is 5.73 Å². The molecular weight excluding hydrogens is 537 g/mol. The Labute approximate surface area is 219 Å². The molecule has 3 aliphatic rings. The molecule has 17 heteroatoms. The lowest BCUT2D eigenvalue weighted by atomic mass is 10.1. The summed E-state index contributed by atoms with van der Waals surface area (Å²) in [5.74, 6) is -2.76. The van der Waals surface area contributed by atoms with E-state index in [9.17, 15) is 38.1 Å². The fourth-order valence-electron chi connectivity index (χ4n) is 4.64. The standard InChI is InChI=1S/C20H32N4O8.C2HF3O2/c21-9-13-16(27)17(28)19(31-13)32-14(10-23-5-2-1-3-6-23)12-8-11(25)18(30-12)24-7-4-15(26)22-20(24)29;3-2(4,5)1(6)7/h4,7,11-14,16-19,25,27-28H,1-3,5-6,8-10,21H2,(H,22,26,29);(H,6,7)/t11-,12+,13-,14+,16-,17-,18-,19+;/m1./s1. The van der Waals surface area contributed by atoms with Crippen molar-refractivity contribution in [3.63, 3.8) is 0 Å². The Hall–Kier alpha value is -2.38.